The molecule has 0 aromatic rings. The largest absolute Gasteiger partial charge is 1.00 e. The molecule has 0 saturated carbocycles. The molecule has 64 heavy (non-hydrogen) atoms. The standard InChI is InChI=1S/4C14H24Si.2ClH.2Zr/c4*1-3-5-7-13-8-9-14(12-13)15(4-2)10-6-11-15;;;;/h4*9,12H,3-8,10-11H2,1-2H3;2*1H;;/p-2. The summed E-state index contributed by atoms with van der Waals surface area (Å²) in [7, 11) is -3.52. The second kappa shape index (κ2) is 32.2. The van der Waals surface area contributed by atoms with Crippen LogP contribution in [-0.2, 0) is 52.4 Å². The molecule has 360 valence electrons. The van der Waals surface area contributed by atoms with E-state index in [4.69, 9.17) is 0 Å². The van der Waals surface area contributed by atoms with Crippen LogP contribution in [0.4, 0.5) is 0 Å². The van der Waals surface area contributed by atoms with Gasteiger partial charge in [-0.25, -0.2) is 0 Å². The van der Waals surface area contributed by atoms with Crippen LogP contribution in [0.25, 0.3) is 0 Å². The van der Waals surface area contributed by atoms with Gasteiger partial charge in [0.05, 0.1) is 32.3 Å². The zero-order valence-electron chi connectivity index (χ0n) is 43.0. The third-order valence-electron chi connectivity index (χ3n) is 17.6. The quantitative estimate of drug-likeness (QED) is 0.107. The van der Waals surface area contributed by atoms with Gasteiger partial charge in [-0.1, -0.05) is 271 Å². The van der Waals surface area contributed by atoms with E-state index in [1.165, 1.54) is 153 Å². The summed E-state index contributed by atoms with van der Waals surface area (Å²) in [5.41, 5.74) is 6.89. The first-order valence-corrected chi connectivity index (χ1v) is 37.3. The minimum Gasteiger partial charge on any atom is -1.00 e. The maximum absolute atomic E-state index is 2.59. The summed E-state index contributed by atoms with van der Waals surface area (Å²) in [6.07, 6.45) is 48.1. The smallest absolute Gasteiger partial charge is 0.0860 e. The molecule has 0 N–H and O–H groups in total. The van der Waals surface area contributed by atoms with Crippen LogP contribution in [0, 0.1) is 0 Å². The monoisotopic (exact) mass is 1130 g/mol. The van der Waals surface area contributed by atoms with Gasteiger partial charge >= 0.3 is 0 Å². The van der Waals surface area contributed by atoms with Gasteiger partial charge in [-0.05, 0) is 77.0 Å². The molecule has 8 aliphatic rings. The normalized spacial score (nSPS) is 21.9. The van der Waals surface area contributed by atoms with E-state index in [1.807, 2.05) is 20.8 Å². The Morgan fingerprint density at radius 1 is 0.328 bits per heavy atom. The van der Waals surface area contributed by atoms with E-state index in [9.17, 15) is 0 Å². The Morgan fingerprint density at radius 3 is 0.641 bits per heavy atom. The summed E-state index contributed by atoms with van der Waals surface area (Å²) in [6.45, 7) is 18.8. The first-order chi connectivity index (χ1) is 29.2. The van der Waals surface area contributed by atoms with Gasteiger partial charge < -0.3 is 24.8 Å². The molecule has 8 rings (SSSR count). The van der Waals surface area contributed by atoms with Gasteiger partial charge in [0.2, 0.25) is 0 Å². The minimum absolute atomic E-state index is 0. The van der Waals surface area contributed by atoms with Crippen LogP contribution in [0.5, 0.6) is 0 Å². The van der Waals surface area contributed by atoms with Gasteiger partial charge in [0.1, 0.15) is 0 Å². The zero-order chi connectivity index (χ0) is 42.9. The molecule has 4 fully saturated rings. The Morgan fingerprint density at radius 2 is 0.516 bits per heavy atom. The van der Waals surface area contributed by atoms with Crippen molar-refractivity contribution in [2.45, 2.75) is 256 Å². The van der Waals surface area contributed by atoms with Crippen molar-refractivity contribution >= 4 is 32.3 Å². The third-order valence-corrected chi connectivity index (χ3v) is 39.8. The number of hydrogen-bond donors (Lipinski definition) is 0. The van der Waals surface area contributed by atoms with Crippen molar-refractivity contribution in [1.82, 2.24) is 0 Å². The molecular weight excluding hydrogens is 1040 g/mol. The third kappa shape index (κ3) is 16.6. The number of halogens is 2. The fourth-order valence-electron chi connectivity index (χ4n) is 11.9. The van der Waals surface area contributed by atoms with Gasteiger partial charge in [0.15, 0.2) is 0 Å². The summed E-state index contributed by atoms with van der Waals surface area (Å²) >= 11 is 0. The second-order valence-electron chi connectivity index (χ2n) is 21.0. The van der Waals surface area contributed by atoms with Gasteiger partial charge in [0, 0.05) is 52.4 Å². The predicted molar refractivity (Wildman–Crippen MR) is 283 cm³/mol. The second-order valence-corrected chi connectivity index (χ2v) is 40.4. The number of rotatable bonds is 20. The molecule has 0 aromatic heterocycles. The van der Waals surface area contributed by atoms with Crippen molar-refractivity contribution < 1.29 is 77.2 Å². The van der Waals surface area contributed by atoms with Crippen LogP contribution in [0.1, 0.15) is 184 Å². The maximum atomic E-state index is 2.59. The van der Waals surface area contributed by atoms with Crippen molar-refractivity contribution in [1.29, 1.82) is 0 Å². The van der Waals surface area contributed by atoms with Crippen molar-refractivity contribution in [2.24, 2.45) is 0 Å². The van der Waals surface area contributed by atoms with Crippen LogP contribution in [-0.4, -0.2) is 32.3 Å². The molecule has 4 aliphatic carbocycles. The van der Waals surface area contributed by atoms with Crippen LogP contribution in [0.3, 0.4) is 0 Å². The van der Waals surface area contributed by atoms with Gasteiger partial charge in [-0.2, -0.15) is 0 Å². The molecule has 0 bridgehead atoms. The predicted octanol–water partition coefficient (Wildman–Crippen LogP) is 13.4. The van der Waals surface area contributed by atoms with Crippen molar-refractivity contribution in [3.63, 3.8) is 0 Å². The number of unbranched alkanes of at least 4 members (excludes halogenated alkanes) is 4. The van der Waals surface area contributed by atoms with Gasteiger partial charge in [-0.15, -0.1) is 0 Å². The zero-order valence-corrected chi connectivity index (χ0v) is 53.4. The van der Waals surface area contributed by atoms with Gasteiger partial charge in [0.25, 0.3) is 0 Å². The molecule has 0 aromatic carbocycles. The molecule has 0 atom stereocenters. The SMILES string of the molecule is CCCCC1=CC([Si]2(CC)CCC2)=CC1.CCCCC1=CC([Si]2(CC)CCC2)=CC1.CCCCC1=CC([Si]2(CC)CCC2)=CC1.CCCCC1=CC([Si]2(CC)CCC2)=CC1.[Cl-].[Cl-].[Zr].[Zr]. The Labute approximate surface area is 453 Å². The molecule has 0 amide bonds. The van der Waals surface area contributed by atoms with E-state index in [0.717, 1.165) is 0 Å². The summed E-state index contributed by atoms with van der Waals surface area (Å²) in [5.74, 6) is 0. The number of hydrogen-bond acceptors (Lipinski definition) is 0. The van der Waals surface area contributed by atoms with Gasteiger partial charge in [-0.3, -0.25) is 0 Å². The van der Waals surface area contributed by atoms with Crippen LogP contribution >= 0.6 is 0 Å². The Balaban J connectivity index is 0.000000418. The maximum Gasteiger partial charge on any atom is 0.0860 e. The van der Waals surface area contributed by atoms with E-state index in [1.54, 1.807) is 70.6 Å². The first kappa shape index (κ1) is 63.1. The molecule has 0 unspecified atom stereocenters. The topological polar surface area (TPSA) is 0 Å². The average Bonchev–Trinajstić information content (AvgIpc) is 4.04. The van der Waals surface area contributed by atoms with E-state index in [2.05, 4.69) is 104 Å². The molecule has 4 saturated heterocycles. The summed E-state index contributed by atoms with van der Waals surface area (Å²) < 4.78 is 0. The molecule has 4 aliphatic heterocycles. The summed E-state index contributed by atoms with van der Waals surface area (Å²) in [5, 5.41) is 7.29. The summed E-state index contributed by atoms with van der Waals surface area (Å²) in [4.78, 5) is 0. The molecule has 8 heteroatoms. The van der Waals surface area contributed by atoms with Crippen LogP contribution in [0.2, 0.25) is 72.5 Å². The van der Waals surface area contributed by atoms with Crippen LogP contribution in [0.15, 0.2) is 91.7 Å². The first-order valence-electron chi connectivity index (χ1n) is 26.8. The Kier molecular flexibility index (Phi) is 31.7. The van der Waals surface area contributed by atoms with E-state index < -0.39 is 32.3 Å². The Bertz CT molecular complexity index is 1370. The van der Waals surface area contributed by atoms with Crippen molar-refractivity contribution in [3.8, 4) is 0 Å². The average molecular weight is 1140 g/mol. The van der Waals surface area contributed by atoms with E-state index in [-0.39, 0.29) is 77.2 Å². The van der Waals surface area contributed by atoms with Crippen molar-refractivity contribution in [3.05, 3.63) is 91.7 Å². The fraction of sp³-hybridized carbons (Fsp3) is 0.714. The van der Waals surface area contributed by atoms with Crippen molar-refractivity contribution in [2.75, 3.05) is 0 Å². The van der Waals surface area contributed by atoms with Crippen LogP contribution < -0.4 is 24.8 Å². The molecule has 0 radical (unpaired) electrons. The fourth-order valence-corrected chi connectivity index (χ4v) is 27.7. The molecule has 4 heterocycles. The van der Waals surface area contributed by atoms with E-state index in [0.29, 0.717) is 0 Å². The number of allylic oxidation sites excluding steroid dienone is 16. The van der Waals surface area contributed by atoms with E-state index >= 15 is 0 Å². The minimum atomic E-state index is -0.880. The summed E-state index contributed by atoms with van der Waals surface area (Å²) in [6, 6.07) is 18.5. The Hall–Kier alpha value is 1.13. The molecule has 0 nitrogen and oxygen atoms in total. The molecular formula is C56H96Cl2Si4Zr2-2. The molecule has 0 spiro atoms.